The summed E-state index contributed by atoms with van der Waals surface area (Å²) in [7, 11) is -0.896. The molecule has 1 N–H and O–H groups in total. The van der Waals surface area contributed by atoms with Crippen LogP contribution in [0.3, 0.4) is 0 Å². The zero-order valence-electron chi connectivity index (χ0n) is 20.3. The molecule has 182 valence electrons. The summed E-state index contributed by atoms with van der Waals surface area (Å²) in [5.74, 6) is 0.988. The van der Waals surface area contributed by atoms with E-state index in [0.29, 0.717) is 17.2 Å². The molecular formula is C24H34N2O6S. The smallest absolute Gasteiger partial charge is 0.243 e. The zero-order chi connectivity index (χ0) is 24.8. The van der Waals surface area contributed by atoms with Gasteiger partial charge in [-0.15, -0.1) is 0 Å². The highest BCUT2D eigenvalue weighted by Crippen LogP contribution is 2.35. The Morgan fingerprint density at radius 3 is 2.15 bits per heavy atom. The van der Waals surface area contributed by atoms with Crippen molar-refractivity contribution in [2.45, 2.75) is 39.2 Å². The monoisotopic (exact) mass is 478 g/mol. The number of hydrogen-bond acceptors (Lipinski definition) is 6. The van der Waals surface area contributed by atoms with Crippen molar-refractivity contribution < 1.29 is 27.4 Å². The lowest BCUT2D eigenvalue weighted by atomic mass is 9.87. The lowest BCUT2D eigenvalue weighted by Crippen LogP contribution is -2.48. The lowest BCUT2D eigenvalue weighted by Gasteiger charge is -2.29. The quantitative estimate of drug-likeness (QED) is 0.527. The first-order chi connectivity index (χ1) is 15.4. The number of amides is 1. The Balaban J connectivity index is 2.06. The summed E-state index contributed by atoms with van der Waals surface area (Å²) in [6, 6.07) is 11.6. The van der Waals surface area contributed by atoms with Crippen LogP contribution in [0.15, 0.2) is 42.5 Å². The molecule has 0 saturated heterocycles. The Morgan fingerprint density at radius 1 is 1.03 bits per heavy atom. The summed E-state index contributed by atoms with van der Waals surface area (Å²) in [5, 5.41) is 2.73. The predicted molar refractivity (Wildman–Crippen MR) is 130 cm³/mol. The van der Waals surface area contributed by atoms with Gasteiger partial charge in [-0.2, -0.15) is 0 Å². The van der Waals surface area contributed by atoms with E-state index in [-0.39, 0.29) is 24.3 Å². The number of rotatable bonds is 10. The third-order valence-electron chi connectivity index (χ3n) is 5.10. The third kappa shape index (κ3) is 7.02. The maximum atomic E-state index is 12.8. The summed E-state index contributed by atoms with van der Waals surface area (Å²) in [6.07, 6.45) is 1.04. The molecule has 0 aliphatic heterocycles. The van der Waals surface area contributed by atoms with Gasteiger partial charge in [0.15, 0.2) is 0 Å². The minimum atomic E-state index is -3.80. The molecule has 2 rings (SSSR count). The second kappa shape index (κ2) is 10.8. The van der Waals surface area contributed by atoms with E-state index in [4.69, 9.17) is 14.2 Å². The molecule has 0 aliphatic rings. The first kappa shape index (κ1) is 26.3. The van der Waals surface area contributed by atoms with Crippen molar-refractivity contribution in [1.82, 2.24) is 5.32 Å². The Kier molecular flexibility index (Phi) is 8.60. The van der Waals surface area contributed by atoms with E-state index in [1.165, 1.54) is 32.8 Å². The number of sulfonamides is 1. The van der Waals surface area contributed by atoms with Gasteiger partial charge in [0.2, 0.25) is 15.9 Å². The fourth-order valence-electron chi connectivity index (χ4n) is 3.29. The maximum absolute atomic E-state index is 12.8. The van der Waals surface area contributed by atoms with Gasteiger partial charge in [-0.3, -0.25) is 9.10 Å². The average Bonchev–Trinajstić information content (AvgIpc) is 2.75. The lowest BCUT2D eigenvalue weighted by molar-refractivity contribution is -0.121. The number of nitrogens with one attached hydrogen (secondary N) is 1. The van der Waals surface area contributed by atoms with Gasteiger partial charge in [0.25, 0.3) is 0 Å². The van der Waals surface area contributed by atoms with Crippen molar-refractivity contribution in [1.29, 1.82) is 0 Å². The largest absolute Gasteiger partial charge is 0.497 e. The molecule has 0 saturated carbocycles. The number of hydrogen-bond donors (Lipinski definition) is 1. The van der Waals surface area contributed by atoms with Gasteiger partial charge < -0.3 is 19.5 Å². The van der Waals surface area contributed by atoms with Gasteiger partial charge in [-0.1, -0.05) is 32.9 Å². The van der Waals surface area contributed by atoms with Crippen LogP contribution >= 0.6 is 0 Å². The van der Waals surface area contributed by atoms with Crippen LogP contribution in [0.25, 0.3) is 0 Å². The van der Waals surface area contributed by atoms with E-state index in [1.54, 1.807) is 12.1 Å². The third-order valence-corrected chi connectivity index (χ3v) is 6.33. The van der Waals surface area contributed by atoms with Gasteiger partial charge in [-0.25, -0.2) is 8.42 Å². The molecule has 0 aromatic heterocycles. The van der Waals surface area contributed by atoms with E-state index >= 15 is 0 Å². The van der Waals surface area contributed by atoms with Crippen LogP contribution in [0.2, 0.25) is 0 Å². The summed E-state index contributed by atoms with van der Waals surface area (Å²) >= 11 is 0. The van der Waals surface area contributed by atoms with Crippen molar-refractivity contribution in [2.75, 3.05) is 37.9 Å². The first-order valence-electron chi connectivity index (χ1n) is 10.6. The summed E-state index contributed by atoms with van der Waals surface area (Å²) in [6.45, 7) is 8.40. The van der Waals surface area contributed by atoms with Crippen LogP contribution in [0.1, 0.15) is 33.3 Å². The van der Waals surface area contributed by atoms with Gasteiger partial charge >= 0.3 is 0 Å². The average molecular weight is 479 g/mol. The summed E-state index contributed by atoms with van der Waals surface area (Å²) < 4.78 is 42.4. The van der Waals surface area contributed by atoms with Gasteiger partial charge in [0.05, 0.1) is 32.7 Å². The number of anilines is 1. The summed E-state index contributed by atoms with van der Waals surface area (Å²) in [5.41, 5.74) is 1.47. The van der Waals surface area contributed by atoms with Gasteiger partial charge in [0, 0.05) is 6.07 Å². The number of carbonyl (C=O) groups excluding carboxylic acids is 1. The highest BCUT2D eigenvalue weighted by molar-refractivity contribution is 7.92. The van der Waals surface area contributed by atoms with Crippen molar-refractivity contribution in [3.8, 4) is 17.2 Å². The second-order valence-corrected chi connectivity index (χ2v) is 10.5. The van der Waals surface area contributed by atoms with Crippen molar-refractivity contribution in [3.63, 3.8) is 0 Å². The van der Waals surface area contributed by atoms with Gasteiger partial charge in [-0.05, 0) is 42.2 Å². The molecule has 0 aliphatic carbocycles. The molecule has 0 radical (unpaired) electrons. The van der Waals surface area contributed by atoms with E-state index < -0.39 is 22.0 Å². The van der Waals surface area contributed by atoms with Crippen LogP contribution in [0, 0.1) is 0 Å². The van der Waals surface area contributed by atoms with Crippen LogP contribution in [0.5, 0.6) is 17.2 Å². The van der Waals surface area contributed by atoms with E-state index in [0.717, 1.165) is 10.6 Å². The fourth-order valence-corrected chi connectivity index (χ4v) is 4.46. The van der Waals surface area contributed by atoms with Crippen molar-refractivity contribution >= 4 is 21.6 Å². The van der Waals surface area contributed by atoms with Crippen molar-refractivity contribution in [3.05, 3.63) is 48.0 Å². The first-order valence-corrected chi connectivity index (χ1v) is 12.5. The van der Waals surface area contributed by atoms with E-state index in [1.807, 2.05) is 24.3 Å². The van der Waals surface area contributed by atoms with E-state index in [2.05, 4.69) is 26.1 Å². The molecule has 0 spiro atoms. The normalized spacial score (nSPS) is 12.6. The topological polar surface area (TPSA) is 94.2 Å². The number of ether oxygens (including phenoxy) is 3. The minimum Gasteiger partial charge on any atom is -0.497 e. The van der Waals surface area contributed by atoms with Crippen LogP contribution in [-0.4, -0.2) is 54.0 Å². The van der Waals surface area contributed by atoms with Crippen LogP contribution in [-0.2, 0) is 20.2 Å². The molecule has 8 nitrogen and oxygen atoms in total. The molecule has 1 amide bonds. The number of nitrogens with zero attached hydrogens (tertiary/aromatic N) is 1. The molecule has 2 aromatic rings. The number of methoxy groups -OCH3 is 2. The number of carbonyl (C=O) groups is 1. The Hall–Kier alpha value is -2.94. The number of benzene rings is 2. The molecule has 0 unspecified atom stereocenters. The summed E-state index contributed by atoms with van der Waals surface area (Å²) in [4.78, 5) is 12.8. The molecule has 2 aromatic carbocycles. The maximum Gasteiger partial charge on any atom is 0.243 e. The minimum absolute atomic E-state index is 0.0551. The molecule has 1 atom stereocenters. The highest BCUT2D eigenvalue weighted by Gasteiger charge is 2.31. The molecule has 0 heterocycles. The van der Waals surface area contributed by atoms with Crippen LogP contribution < -0.4 is 23.8 Å². The van der Waals surface area contributed by atoms with Crippen LogP contribution in [0.4, 0.5) is 5.69 Å². The molecule has 33 heavy (non-hydrogen) atoms. The van der Waals surface area contributed by atoms with Crippen molar-refractivity contribution in [2.24, 2.45) is 0 Å². The molecular weight excluding hydrogens is 444 g/mol. The molecule has 0 bridgehead atoms. The predicted octanol–water partition coefficient (Wildman–Crippen LogP) is 3.35. The van der Waals surface area contributed by atoms with Gasteiger partial charge in [0.1, 0.15) is 29.9 Å². The SMILES string of the molecule is COc1ccc(OC)c(N([C@H](C)C(=O)NCCOc2ccc(C(C)(C)C)cc2)S(C)(=O)=O)c1. The van der Waals surface area contributed by atoms with E-state index in [9.17, 15) is 13.2 Å². The Bertz CT molecular complexity index is 1050. The highest BCUT2D eigenvalue weighted by atomic mass is 32.2. The fraction of sp³-hybridized carbons (Fsp3) is 0.458. The zero-order valence-corrected chi connectivity index (χ0v) is 21.2. The molecule has 9 heteroatoms. The Morgan fingerprint density at radius 2 is 1.64 bits per heavy atom. The second-order valence-electron chi connectivity index (χ2n) is 8.69. The standard InChI is InChI=1S/C24H34N2O6S/c1-17(26(33(7,28)29)21-16-20(30-5)12-13-22(21)31-6)23(27)25-14-15-32-19-10-8-18(9-11-19)24(2,3)4/h8-13,16-17H,14-15H2,1-7H3,(H,25,27)/t17-/m1/s1. The Labute approximate surface area is 196 Å². The molecule has 0 fully saturated rings.